The second-order valence-corrected chi connectivity index (χ2v) is 6.60. The standard InChI is InChI=1S/C17H19ClN4O2/c1-10(2)22-8-7-15(21-22)17(24)20-14-6-3-11(18)9-13(14)16(23)19-12-4-5-12/h3,6-10,12H,4-5H2,1-2H3,(H,19,23)(H,20,24). The lowest BCUT2D eigenvalue weighted by Crippen LogP contribution is -2.27. The molecule has 1 aromatic heterocycles. The van der Waals surface area contributed by atoms with Gasteiger partial charge in [-0.25, -0.2) is 0 Å². The van der Waals surface area contributed by atoms with Crippen LogP contribution in [0.2, 0.25) is 5.02 Å². The number of rotatable bonds is 5. The van der Waals surface area contributed by atoms with Crippen LogP contribution in [0.15, 0.2) is 30.5 Å². The zero-order valence-corrected chi connectivity index (χ0v) is 14.3. The minimum atomic E-state index is -0.364. The second kappa shape index (κ2) is 6.65. The number of hydrogen-bond acceptors (Lipinski definition) is 3. The molecule has 24 heavy (non-hydrogen) atoms. The van der Waals surface area contributed by atoms with Crippen LogP contribution < -0.4 is 10.6 Å². The van der Waals surface area contributed by atoms with Gasteiger partial charge in [0, 0.05) is 23.3 Å². The summed E-state index contributed by atoms with van der Waals surface area (Å²) in [6.07, 6.45) is 3.73. The molecule has 2 N–H and O–H groups in total. The van der Waals surface area contributed by atoms with E-state index in [1.807, 2.05) is 13.8 Å². The maximum atomic E-state index is 12.4. The van der Waals surface area contributed by atoms with E-state index in [2.05, 4.69) is 15.7 Å². The van der Waals surface area contributed by atoms with E-state index in [0.29, 0.717) is 22.0 Å². The molecule has 6 nitrogen and oxygen atoms in total. The Kier molecular flexibility index (Phi) is 4.57. The number of amides is 2. The Hall–Kier alpha value is -2.34. The molecule has 126 valence electrons. The van der Waals surface area contributed by atoms with E-state index in [1.165, 1.54) is 0 Å². The fraction of sp³-hybridized carbons (Fsp3) is 0.353. The van der Waals surface area contributed by atoms with Gasteiger partial charge in [-0.2, -0.15) is 5.10 Å². The maximum Gasteiger partial charge on any atom is 0.276 e. The number of carbonyl (C=O) groups excluding carboxylic acids is 2. The molecule has 2 amide bonds. The van der Waals surface area contributed by atoms with Gasteiger partial charge in [0.05, 0.1) is 11.3 Å². The van der Waals surface area contributed by atoms with Gasteiger partial charge in [-0.15, -0.1) is 0 Å². The van der Waals surface area contributed by atoms with Crippen LogP contribution in [0.25, 0.3) is 0 Å². The van der Waals surface area contributed by atoms with Crippen molar-refractivity contribution >= 4 is 29.1 Å². The van der Waals surface area contributed by atoms with Crippen LogP contribution in [0.3, 0.4) is 0 Å². The van der Waals surface area contributed by atoms with Gasteiger partial charge >= 0.3 is 0 Å². The first-order valence-corrected chi connectivity index (χ1v) is 8.29. The van der Waals surface area contributed by atoms with Crippen molar-refractivity contribution in [3.8, 4) is 0 Å². The molecule has 0 aliphatic heterocycles. The number of nitrogens with zero attached hydrogens (tertiary/aromatic N) is 2. The Balaban J connectivity index is 1.80. The first-order chi connectivity index (χ1) is 11.4. The maximum absolute atomic E-state index is 12.4. The summed E-state index contributed by atoms with van der Waals surface area (Å²) in [4.78, 5) is 24.7. The van der Waals surface area contributed by atoms with Crippen molar-refractivity contribution in [2.75, 3.05) is 5.32 Å². The van der Waals surface area contributed by atoms with Gasteiger partial charge in [-0.1, -0.05) is 11.6 Å². The summed E-state index contributed by atoms with van der Waals surface area (Å²) in [5.74, 6) is -0.597. The second-order valence-electron chi connectivity index (χ2n) is 6.17. The Morgan fingerprint density at radius 1 is 1.25 bits per heavy atom. The minimum Gasteiger partial charge on any atom is -0.349 e. The van der Waals surface area contributed by atoms with E-state index in [0.717, 1.165) is 12.8 Å². The summed E-state index contributed by atoms with van der Waals surface area (Å²) in [5.41, 5.74) is 1.07. The van der Waals surface area contributed by atoms with Gasteiger partial charge in [0.25, 0.3) is 11.8 Å². The van der Waals surface area contributed by atoms with Crippen LogP contribution in [0, 0.1) is 0 Å². The fourth-order valence-corrected chi connectivity index (χ4v) is 2.41. The zero-order valence-electron chi connectivity index (χ0n) is 13.5. The van der Waals surface area contributed by atoms with E-state index >= 15 is 0 Å². The number of carbonyl (C=O) groups is 2. The molecule has 1 aliphatic rings. The van der Waals surface area contributed by atoms with Crippen molar-refractivity contribution in [3.63, 3.8) is 0 Å². The van der Waals surface area contributed by atoms with E-state index in [1.54, 1.807) is 35.1 Å². The van der Waals surface area contributed by atoms with Crippen LogP contribution in [0.4, 0.5) is 5.69 Å². The number of halogens is 1. The third-order valence-corrected chi connectivity index (χ3v) is 3.99. The molecule has 1 fully saturated rings. The first-order valence-electron chi connectivity index (χ1n) is 7.91. The molecule has 1 aromatic carbocycles. The molecular formula is C17H19ClN4O2. The van der Waals surface area contributed by atoms with E-state index in [9.17, 15) is 9.59 Å². The molecule has 0 spiro atoms. The largest absolute Gasteiger partial charge is 0.349 e. The Morgan fingerprint density at radius 3 is 2.62 bits per heavy atom. The summed E-state index contributed by atoms with van der Waals surface area (Å²) < 4.78 is 1.71. The molecule has 0 radical (unpaired) electrons. The third kappa shape index (κ3) is 3.76. The predicted octanol–water partition coefficient (Wildman–Crippen LogP) is 3.26. The van der Waals surface area contributed by atoms with Gasteiger partial charge in [-0.05, 0) is 51.0 Å². The molecule has 1 saturated carbocycles. The van der Waals surface area contributed by atoms with Crippen molar-refractivity contribution in [3.05, 3.63) is 46.7 Å². The SMILES string of the molecule is CC(C)n1ccc(C(=O)Nc2ccc(Cl)cc2C(=O)NC2CC2)n1. The number of anilines is 1. The quantitative estimate of drug-likeness (QED) is 0.872. The van der Waals surface area contributed by atoms with Crippen LogP contribution in [0.5, 0.6) is 0 Å². The smallest absolute Gasteiger partial charge is 0.276 e. The highest BCUT2D eigenvalue weighted by Gasteiger charge is 2.25. The lowest BCUT2D eigenvalue weighted by Gasteiger charge is -2.11. The van der Waals surface area contributed by atoms with Gasteiger partial charge in [0.15, 0.2) is 5.69 Å². The average molecular weight is 347 g/mol. The van der Waals surface area contributed by atoms with Crippen LogP contribution in [-0.4, -0.2) is 27.6 Å². The highest BCUT2D eigenvalue weighted by molar-refractivity contribution is 6.31. The van der Waals surface area contributed by atoms with Crippen molar-refractivity contribution in [2.45, 2.75) is 38.8 Å². The molecule has 1 heterocycles. The third-order valence-electron chi connectivity index (χ3n) is 3.76. The average Bonchev–Trinajstić information content (AvgIpc) is 3.20. The molecule has 7 heteroatoms. The lowest BCUT2D eigenvalue weighted by molar-refractivity contribution is 0.0952. The van der Waals surface area contributed by atoms with Crippen molar-refractivity contribution in [1.82, 2.24) is 15.1 Å². The van der Waals surface area contributed by atoms with Gasteiger partial charge in [0.1, 0.15) is 0 Å². The normalized spacial score (nSPS) is 13.8. The highest BCUT2D eigenvalue weighted by Crippen LogP contribution is 2.24. The van der Waals surface area contributed by atoms with Crippen LogP contribution in [0.1, 0.15) is 53.6 Å². The number of benzene rings is 1. The minimum absolute atomic E-state index is 0.168. The molecule has 0 atom stereocenters. The highest BCUT2D eigenvalue weighted by atomic mass is 35.5. The van der Waals surface area contributed by atoms with Gasteiger partial charge < -0.3 is 10.6 Å². The predicted molar refractivity (Wildman–Crippen MR) is 92.5 cm³/mol. The van der Waals surface area contributed by atoms with Gasteiger partial charge in [-0.3, -0.25) is 14.3 Å². The Bertz CT molecular complexity index is 781. The molecule has 3 rings (SSSR count). The van der Waals surface area contributed by atoms with E-state index < -0.39 is 0 Å². The number of hydrogen-bond donors (Lipinski definition) is 2. The zero-order chi connectivity index (χ0) is 17.3. The lowest BCUT2D eigenvalue weighted by atomic mass is 10.1. The van der Waals surface area contributed by atoms with Crippen molar-refractivity contribution in [1.29, 1.82) is 0 Å². The molecular weight excluding hydrogens is 328 g/mol. The van der Waals surface area contributed by atoms with E-state index in [4.69, 9.17) is 11.6 Å². The first kappa shape index (κ1) is 16.5. The number of nitrogens with one attached hydrogen (secondary N) is 2. The number of aromatic nitrogens is 2. The Morgan fingerprint density at radius 2 is 2.00 bits per heavy atom. The van der Waals surface area contributed by atoms with Gasteiger partial charge in [0.2, 0.25) is 0 Å². The molecule has 0 bridgehead atoms. The van der Waals surface area contributed by atoms with Crippen molar-refractivity contribution in [2.24, 2.45) is 0 Å². The molecule has 1 aliphatic carbocycles. The molecule has 0 saturated heterocycles. The monoisotopic (exact) mass is 346 g/mol. The molecule has 2 aromatic rings. The fourth-order valence-electron chi connectivity index (χ4n) is 2.24. The van der Waals surface area contributed by atoms with Crippen molar-refractivity contribution < 1.29 is 9.59 Å². The summed E-state index contributed by atoms with van der Waals surface area (Å²) in [7, 11) is 0. The van der Waals surface area contributed by atoms with E-state index in [-0.39, 0.29) is 23.9 Å². The molecule has 0 unspecified atom stereocenters. The van der Waals surface area contributed by atoms with Crippen LogP contribution >= 0.6 is 11.6 Å². The Labute approximate surface area is 145 Å². The summed E-state index contributed by atoms with van der Waals surface area (Å²) in [5, 5.41) is 10.3. The summed E-state index contributed by atoms with van der Waals surface area (Å²) in [6, 6.07) is 6.86. The summed E-state index contributed by atoms with van der Waals surface area (Å²) in [6.45, 7) is 3.96. The topological polar surface area (TPSA) is 76.0 Å². The summed E-state index contributed by atoms with van der Waals surface area (Å²) >= 11 is 6.00. The van der Waals surface area contributed by atoms with Crippen LogP contribution in [-0.2, 0) is 0 Å².